The minimum Gasteiger partial charge on any atom is -0.460 e. The second kappa shape index (κ2) is 6.17. The molecule has 3 heterocycles. The minimum atomic E-state index is -0.475. The Kier molecular flexibility index (Phi) is 3.98. The lowest BCUT2D eigenvalue weighted by atomic mass is 9.96. The van der Waals surface area contributed by atoms with Gasteiger partial charge in [0, 0.05) is 36.7 Å². The molecule has 2 aromatic rings. The van der Waals surface area contributed by atoms with Gasteiger partial charge in [-0.15, -0.1) is 0 Å². The van der Waals surface area contributed by atoms with Crippen LogP contribution in [0.5, 0.6) is 0 Å². The number of carbonyl (C=O) groups is 1. The molecule has 6 heteroatoms. The maximum atomic E-state index is 11.7. The van der Waals surface area contributed by atoms with Gasteiger partial charge in [-0.05, 0) is 37.8 Å². The van der Waals surface area contributed by atoms with Crippen molar-refractivity contribution in [3.63, 3.8) is 0 Å². The molecule has 0 unspecified atom stereocenters. The summed E-state index contributed by atoms with van der Waals surface area (Å²) >= 11 is 0. The molecule has 0 aromatic carbocycles. The summed E-state index contributed by atoms with van der Waals surface area (Å²) in [7, 11) is 0. The fourth-order valence-corrected chi connectivity index (χ4v) is 3.47. The third kappa shape index (κ3) is 3.13. The lowest BCUT2D eigenvalue weighted by molar-refractivity contribution is 0.0479. The van der Waals surface area contributed by atoms with Gasteiger partial charge in [-0.25, -0.2) is 9.78 Å². The molecule has 1 saturated heterocycles. The smallest absolute Gasteiger partial charge is 0.377 e. The second-order valence-corrected chi connectivity index (χ2v) is 7.06. The van der Waals surface area contributed by atoms with Crippen molar-refractivity contribution in [1.29, 1.82) is 0 Å². The van der Waals surface area contributed by atoms with Crippen molar-refractivity contribution < 1.29 is 14.1 Å². The van der Waals surface area contributed by atoms with E-state index in [-0.39, 0.29) is 5.76 Å². The van der Waals surface area contributed by atoms with Crippen LogP contribution >= 0.6 is 0 Å². The molecule has 2 aliphatic rings. The van der Waals surface area contributed by atoms with Gasteiger partial charge >= 0.3 is 5.97 Å². The number of esters is 1. The van der Waals surface area contributed by atoms with Crippen molar-refractivity contribution in [3.8, 4) is 0 Å². The molecule has 1 spiro atoms. The van der Waals surface area contributed by atoms with E-state index in [4.69, 9.17) is 14.2 Å². The summed E-state index contributed by atoms with van der Waals surface area (Å²) in [5, 5.41) is 3.99. The van der Waals surface area contributed by atoms with Gasteiger partial charge < -0.3 is 14.2 Å². The highest BCUT2D eigenvalue weighted by Gasteiger charge is 2.52. The number of pyridine rings is 1. The molecule has 0 atom stereocenters. The predicted octanol–water partition coefficient (Wildman–Crippen LogP) is 3.00. The number of nitrogens with zero attached hydrogens (tertiary/aromatic N) is 3. The molecule has 0 radical (unpaired) electrons. The Hall–Kier alpha value is -2.37. The Morgan fingerprint density at radius 1 is 1.32 bits per heavy atom. The Bertz CT molecular complexity index is 787. The van der Waals surface area contributed by atoms with Crippen molar-refractivity contribution in [3.05, 3.63) is 40.9 Å². The molecule has 1 aliphatic heterocycles. The number of aromatic nitrogens is 2. The maximum Gasteiger partial charge on any atom is 0.377 e. The summed E-state index contributed by atoms with van der Waals surface area (Å²) < 4.78 is 10.0. The topological polar surface area (TPSA) is 68.5 Å². The summed E-state index contributed by atoms with van der Waals surface area (Å²) in [6, 6.07) is 5.87. The highest BCUT2D eigenvalue weighted by Crippen LogP contribution is 2.53. The van der Waals surface area contributed by atoms with Crippen LogP contribution in [0.3, 0.4) is 0 Å². The molecule has 132 valence electrons. The van der Waals surface area contributed by atoms with E-state index in [0.717, 1.165) is 36.6 Å². The molecule has 6 nitrogen and oxygen atoms in total. The van der Waals surface area contributed by atoms with E-state index in [1.165, 1.54) is 12.8 Å². The highest BCUT2D eigenvalue weighted by molar-refractivity contribution is 5.86. The zero-order valence-electron chi connectivity index (χ0n) is 14.7. The average molecular weight is 341 g/mol. The van der Waals surface area contributed by atoms with E-state index >= 15 is 0 Å². The lowest BCUT2D eigenvalue weighted by Crippen LogP contribution is -2.48. The number of anilines is 1. The normalized spacial score (nSPS) is 17.4. The highest BCUT2D eigenvalue weighted by atomic mass is 16.6. The van der Waals surface area contributed by atoms with Crippen molar-refractivity contribution in [2.45, 2.75) is 39.5 Å². The summed E-state index contributed by atoms with van der Waals surface area (Å²) in [6.45, 7) is 6.49. The summed E-state index contributed by atoms with van der Waals surface area (Å²) in [6.07, 6.45) is 4.21. The van der Waals surface area contributed by atoms with Gasteiger partial charge in [-0.2, -0.15) is 0 Å². The first kappa shape index (κ1) is 16.1. The number of hydrogen-bond acceptors (Lipinski definition) is 6. The van der Waals surface area contributed by atoms with Crippen LogP contribution in [-0.4, -0.2) is 35.8 Å². The fourth-order valence-electron chi connectivity index (χ4n) is 3.47. The van der Waals surface area contributed by atoms with Gasteiger partial charge in [0.15, 0.2) is 0 Å². The molecule has 0 N–H and O–H groups in total. The molecule has 2 aromatic heterocycles. The van der Waals surface area contributed by atoms with E-state index in [2.05, 4.69) is 29.1 Å². The molecular weight excluding hydrogens is 318 g/mol. The van der Waals surface area contributed by atoms with Crippen molar-refractivity contribution in [1.82, 2.24) is 10.1 Å². The first-order chi connectivity index (χ1) is 12.1. The molecule has 1 aliphatic carbocycles. The minimum absolute atomic E-state index is 0.148. The fraction of sp³-hybridized carbons (Fsp3) is 0.526. The van der Waals surface area contributed by atoms with Gasteiger partial charge in [0.2, 0.25) is 5.76 Å². The second-order valence-electron chi connectivity index (χ2n) is 7.06. The largest absolute Gasteiger partial charge is 0.460 e. The average Bonchev–Trinajstić information content (AvgIpc) is 3.26. The molecular formula is C19H23N3O3. The molecule has 0 bridgehead atoms. The van der Waals surface area contributed by atoms with E-state index in [1.54, 1.807) is 13.0 Å². The van der Waals surface area contributed by atoms with E-state index < -0.39 is 5.97 Å². The number of hydrogen-bond donors (Lipinski definition) is 0. The monoisotopic (exact) mass is 341 g/mol. The van der Waals surface area contributed by atoms with Crippen molar-refractivity contribution >= 4 is 11.8 Å². The van der Waals surface area contributed by atoms with Crippen LogP contribution in [0.4, 0.5) is 5.82 Å². The van der Waals surface area contributed by atoms with Gasteiger partial charge in [0.25, 0.3) is 0 Å². The number of aryl methyl sites for hydroxylation is 1. The molecule has 2 fully saturated rings. The Morgan fingerprint density at radius 2 is 2.12 bits per heavy atom. The zero-order valence-corrected chi connectivity index (χ0v) is 14.7. The van der Waals surface area contributed by atoms with Crippen LogP contribution in [0, 0.1) is 5.41 Å². The summed E-state index contributed by atoms with van der Waals surface area (Å²) in [5.74, 6) is 0.748. The predicted molar refractivity (Wildman–Crippen MR) is 92.8 cm³/mol. The Labute approximate surface area is 147 Å². The third-order valence-corrected chi connectivity index (χ3v) is 5.13. The van der Waals surface area contributed by atoms with Crippen LogP contribution < -0.4 is 4.90 Å². The number of carbonyl (C=O) groups excluding carboxylic acids is 1. The van der Waals surface area contributed by atoms with Crippen LogP contribution in [0.25, 0.3) is 0 Å². The SMILES string of the molecule is CCOC(=O)c1cc(Cc2ccc(N3CC4(CC4)C3)nc2CC)no1. The van der Waals surface area contributed by atoms with Crippen LogP contribution in [0.2, 0.25) is 0 Å². The first-order valence-corrected chi connectivity index (χ1v) is 8.99. The van der Waals surface area contributed by atoms with Gasteiger partial charge in [-0.3, -0.25) is 0 Å². The third-order valence-electron chi connectivity index (χ3n) is 5.13. The van der Waals surface area contributed by atoms with E-state index in [0.29, 0.717) is 24.1 Å². The number of ether oxygens (including phenoxy) is 1. The molecule has 4 rings (SSSR count). The Balaban J connectivity index is 1.47. The molecule has 1 saturated carbocycles. The van der Waals surface area contributed by atoms with Gasteiger partial charge in [-0.1, -0.05) is 18.1 Å². The van der Waals surface area contributed by atoms with Crippen LogP contribution in [-0.2, 0) is 17.6 Å². The van der Waals surface area contributed by atoms with Crippen LogP contribution in [0.1, 0.15) is 54.2 Å². The van der Waals surface area contributed by atoms with Gasteiger partial charge in [0.1, 0.15) is 5.82 Å². The van der Waals surface area contributed by atoms with Crippen molar-refractivity contribution in [2.75, 3.05) is 24.6 Å². The first-order valence-electron chi connectivity index (χ1n) is 8.99. The molecule has 0 amide bonds. The van der Waals surface area contributed by atoms with Crippen molar-refractivity contribution in [2.24, 2.45) is 5.41 Å². The Morgan fingerprint density at radius 3 is 2.80 bits per heavy atom. The zero-order chi connectivity index (χ0) is 17.4. The quantitative estimate of drug-likeness (QED) is 0.753. The van der Waals surface area contributed by atoms with E-state index in [9.17, 15) is 4.79 Å². The molecule has 25 heavy (non-hydrogen) atoms. The lowest BCUT2D eigenvalue weighted by Gasteiger charge is -2.41. The summed E-state index contributed by atoms with van der Waals surface area (Å²) in [4.78, 5) is 18.9. The summed E-state index contributed by atoms with van der Waals surface area (Å²) in [5.41, 5.74) is 3.54. The van der Waals surface area contributed by atoms with Gasteiger partial charge in [0.05, 0.1) is 12.3 Å². The van der Waals surface area contributed by atoms with Crippen LogP contribution in [0.15, 0.2) is 22.7 Å². The maximum absolute atomic E-state index is 11.7. The number of rotatable bonds is 6. The standard InChI is InChI=1S/C19H23N3O3/c1-3-15-13(9-14-10-16(25-21-14)18(23)24-4-2)5-6-17(20-15)22-11-19(12-22)7-8-19/h5-6,10H,3-4,7-9,11-12H2,1-2H3. The van der Waals surface area contributed by atoms with E-state index in [1.807, 2.05) is 0 Å².